The van der Waals surface area contributed by atoms with Gasteiger partial charge >= 0.3 is 0 Å². The molecule has 1 aliphatic heterocycles. The maximum absolute atomic E-state index is 12.9. The number of carbonyl (C=O) groups is 1. The zero-order chi connectivity index (χ0) is 21.6. The smallest absolute Gasteiger partial charge is 0.253 e. The molecule has 1 unspecified atom stereocenters. The van der Waals surface area contributed by atoms with Crippen molar-refractivity contribution in [2.75, 3.05) is 26.9 Å². The molecule has 9 heteroatoms. The van der Waals surface area contributed by atoms with Gasteiger partial charge in [-0.15, -0.1) is 11.3 Å². The highest BCUT2D eigenvalue weighted by molar-refractivity contribution is 7.13. The molecule has 0 aliphatic carbocycles. The first-order valence-electron chi connectivity index (χ1n) is 10.5. The van der Waals surface area contributed by atoms with Gasteiger partial charge in [0.2, 0.25) is 0 Å². The first kappa shape index (κ1) is 21.6. The van der Waals surface area contributed by atoms with Crippen molar-refractivity contribution in [1.29, 1.82) is 0 Å². The number of aromatic nitrogens is 4. The summed E-state index contributed by atoms with van der Waals surface area (Å²) in [4.78, 5) is 26.2. The SMILES string of the molecule is COCCCn1c(-c2csc(-c3cnccn3)n2)cc(C(=O)NCC2CCCO2)c1C. The third-order valence-electron chi connectivity index (χ3n) is 5.40. The fourth-order valence-electron chi connectivity index (χ4n) is 3.77. The van der Waals surface area contributed by atoms with Crippen LogP contribution in [0.3, 0.4) is 0 Å². The molecule has 0 bridgehead atoms. The van der Waals surface area contributed by atoms with Crippen molar-refractivity contribution in [3.05, 3.63) is 41.3 Å². The lowest BCUT2D eigenvalue weighted by Crippen LogP contribution is -2.32. The van der Waals surface area contributed by atoms with Gasteiger partial charge in [0.25, 0.3) is 5.91 Å². The molecule has 4 heterocycles. The molecule has 1 N–H and O–H groups in total. The van der Waals surface area contributed by atoms with Crippen molar-refractivity contribution in [2.45, 2.75) is 38.8 Å². The molecule has 0 aromatic carbocycles. The lowest BCUT2D eigenvalue weighted by molar-refractivity contribution is 0.0857. The summed E-state index contributed by atoms with van der Waals surface area (Å²) in [5.41, 5.74) is 4.07. The Morgan fingerprint density at radius 2 is 2.29 bits per heavy atom. The maximum atomic E-state index is 12.9. The minimum absolute atomic E-state index is 0.0795. The quantitative estimate of drug-likeness (QED) is 0.512. The van der Waals surface area contributed by atoms with Crippen molar-refractivity contribution in [2.24, 2.45) is 0 Å². The summed E-state index contributed by atoms with van der Waals surface area (Å²) < 4.78 is 13.0. The third kappa shape index (κ3) is 5.00. The average molecular weight is 442 g/mol. The van der Waals surface area contributed by atoms with E-state index in [0.29, 0.717) is 18.7 Å². The monoisotopic (exact) mass is 441 g/mol. The van der Waals surface area contributed by atoms with Crippen molar-refractivity contribution < 1.29 is 14.3 Å². The molecular formula is C22H27N5O3S. The second kappa shape index (κ2) is 10.1. The van der Waals surface area contributed by atoms with Gasteiger partial charge in [0, 0.05) is 56.9 Å². The molecule has 4 rings (SSSR count). The summed E-state index contributed by atoms with van der Waals surface area (Å²) in [5.74, 6) is -0.0795. The number of ether oxygens (including phenoxy) is 2. The molecule has 3 aromatic heterocycles. The van der Waals surface area contributed by atoms with Gasteiger partial charge in [-0.1, -0.05) is 0 Å². The van der Waals surface area contributed by atoms with E-state index in [0.717, 1.165) is 60.2 Å². The van der Waals surface area contributed by atoms with Gasteiger partial charge in [-0.2, -0.15) is 0 Å². The third-order valence-corrected chi connectivity index (χ3v) is 6.27. The highest BCUT2D eigenvalue weighted by atomic mass is 32.1. The Hall–Kier alpha value is -2.62. The van der Waals surface area contributed by atoms with Crippen molar-refractivity contribution in [1.82, 2.24) is 24.8 Å². The van der Waals surface area contributed by atoms with Crippen LogP contribution in [0.2, 0.25) is 0 Å². The van der Waals surface area contributed by atoms with Crippen molar-refractivity contribution in [3.63, 3.8) is 0 Å². The first-order valence-corrected chi connectivity index (χ1v) is 11.4. The number of methoxy groups -OCH3 is 1. The van der Waals surface area contributed by atoms with Gasteiger partial charge in [-0.3, -0.25) is 14.8 Å². The van der Waals surface area contributed by atoms with Crippen LogP contribution in [0, 0.1) is 6.92 Å². The molecule has 0 radical (unpaired) electrons. The molecule has 1 fully saturated rings. The zero-order valence-electron chi connectivity index (χ0n) is 17.8. The number of hydrogen-bond donors (Lipinski definition) is 1. The predicted molar refractivity (Wildman–Crippen MR) is 119 cm³/mol. The lowest BCUT2D eigenvalue weighted by Gasteiger charge is -2.12. The number of hydrogen-bond acceptors (Lipinski definition) is 7. The van der Waals surface area contributed by atoms with E-state index in [1.54, 1.807) is 25.7 Å². The van der Waals surface area contributed by atoms with Crippen LogP contribution in [0.1, 0.15) is 35.3 Å². The summed E-state index contributed by atoms with van der Waals surface area (Å²) >= 11 is 1.52. The van der Waals surface area contributed by atoms with Crippen LogP contribution < -0.4 is 5.32 Å². The van der Waals surface area contributed by atoms with Crippen LogP contribution in [0.4, 0.5) is 0 Å². The Bertz CT molecular complexity index is 1010. The standard InChI is InChI=1S/C22H27N5O3S/c1-15-17(21(28)25-12-16-5-3-10-30-16)11-20(27(15)8-4-9-29-2)19-14-31-22(26-19)18-13-23-6-7-24-18/h6-7,11,13-14,16H,3-5,8-10,12H2,1-2H3,(H,25,28). The second-order valence-electron chi connectivity index (χ2n) is 7.50. The van der Waals surface area contributed by atoms with E-state index in [4.69, 9.17) is 14.5 Å². The lowest BCUT2D eigenvalue weighted by atomic mass is 10.2. The Balaban J connectivity index is 1.60. The molecule has 31 heavy (non-hydrogen) atoms. The largest absolute Gasteiger partial charge is 0.385 e. The van der Waals surface area contributed by atoms with Gasteiger partial charge in [-0.25, -0.2) is 4.98 Å². The summed E-state index contributed by atoms with van der Waals surface area (Å²) in [6.07, 6.45) is 8.01. The predicted octanol–water partition coefficient (Wildman–Crippen LogP) is 3.32. The number of rotatable bonds is 9. The van der Waals surface area contributed by atoms with Crippen LogP contribution in [-0.2, 0) is 16.0 Å². The Kier molecular flexibility index (Phi) is 7.06. The molecule has 8 nitrogen and oxygen atoms in total. The summed E-state index contributed by atoms with van der Waals surface area (Å²) in [5, 5.41) is 5.83. The average Bonchev–Trinajstić information content (AvgIpc) is 3.54. The van der Waals surface area contributed by atoms with Crippen LogP contribution in [-0.4, -0.2) is 58.4 Å². The number of carbonyl (C=O) groups excluding carboxylic acids is 1. The Labute approximate surface area is 185 Å². The Morgan fingerprint density at radius 3 is 3.03 bits per heavy atom. The summed E-state index contributed by atoms with van der Waals surface area (Å²) in [7, 11) is 1.70. The van der Waals surface area contributed by atoms with E-state index in [1.807, 2.05) is 18.4 Å². The molecule has 1 aliphatic rings. The van der Waals surface area contributed by atoms with Crippen molar-refractivity contribution in [3.8, 4) is 22.1 Å². The minimum Gasteiger partial charge on any atom is -0.385 e. The number of nitrogens with zero attached hydrogens (tertiary/aromatic N) is 4. The molecule has 3 aromatic rings. The second-order valence-corrected chi connectivity index (χ2v) is 8.36. The van der Waals surface area contributed by atoms with E-state index in [2.05, 4.69) is 19.9 Å². The normalized spacial score (nSPS) is 16.0. The fraction of sp³-hybridized carbons (Fsp3) is 0.455. The molecule has 164 valence electrons. The number of nitrogens with one attached hydrogen (secondary N) is 1. The fourth-order valence-corrected chi connectivity index (χ4v) is 4.54. The molecular weight excluding hydrogens is 414 g/mol. The summed E-state index contributed by atoms with van der Waals surface area (Å²) in [6, 6.07) is 1.93. The van der Waals surface area contributed by atoms with E-state index in [-0.39, 0.29) is 12.0 Å². The van der Waals surface area contributed by atoms with Crippen LogP contribution in [0.15, 0.2) is 30.0 Å². The van der Waals surface area contributed by atoms with Gasteiger partial charge in [0.15, 0.2) is 0 Å². The molecule has 1 saturated heterocycles. The minimum atomic E-state index is -0.0795. The molecule has 0 saturated carbocycles. The van der Waals surface area contributed by atoms with Crippen LogP contribution in [0.5, 0.6) is 0 Å². The van der Waals surface area contributed by atoms with E-state index < -0.39 is 0 Å². The summed E-state index contributed by atoms with van der Waals surface area (Å²) in [6.45, 7) is 4.69. The van der Waals surface area contributed by atoms with E-state index >= 15 is 0 Å². The maximum Gasteiger partial charge on any atom is 0.253 e. The van der Waals surface area contributed by atoms with Crippen LogP contribution in [0.25, 0.3) is 22.1 Å². The topological polar surface area (TPSA) is 91.2 Å². The van der Waals surface area contributed by atoms with Gasteiger partial charge in [-0.05, 0) is 32.3 Å². The molecule has 0 spiro atoms. The highest BCUT2D eigenvalue weighted by Gasteiger charge is 2.22. The van der Waals surface area contributed by atoms with Crippen LogP contribution >= 0.6 is 11.3 Å². The Morgan fingerprint density at radius 1 is 1.39 bits per heavy atom. The molecule has 1 amide bonds. The van der Waals surface area contributed by atoms with E-state index in [1.165, 1.54) is 11.3 Å². The van der Waals surface area contributed by atoms with Crippen molar-refractivity contribution >= 4 is 17.2 Å². The van der Waals surface area contributed by atoms with E-state index in [9.17, 15) is 4.79 Å². The van der Waals surface area contributed by atoms with Gasteiger partial charge in [0.05, 0.1) is 29.3 Å². The highest BCUT2D eigenvalue weighted by Crippen LogP contribution is 2.31. The number of thiazole rings is 1. The zero-order valence-corrected chi connectivity index (χ0v) is 18.7. The number of amides is 1. The van der Waals surface area contributed by atoms with Gasteiger partial charge < -0.3 is 19.4 Å². The van der Waals surface area contributed by atoms with Gasteiger partial charge in [0.1, 0.15) is 10.7 Å². The first-order chi connectivity index (χ1) is 15.2. The molecule has 1 atom stereocenters.